The number of ether oxygens (including phenoxy) is 1. The van der Waals surface area contributed by atoms with Gasteiger partial charge in [-0.05, 0) is 62.8 Å². The van der Waals surface area contributed by atoms with E-state index in [9.17, 15) is 0 Å². The van der Waals surface area contributed by atoms with Crippen molar-refractivity contribution < 1.29 is 4.74 Å². The Balaban J connectivity index is 0.00000261. The van der Waals surface area contributed by atoms with Crippen LogP contribution in [0.25, 0.3) is 0 Å². The maximum absolute atomic E-state index is 5.58. The summed E-state index contributed by atoms with van der Waals surface area (Å²) in [5, 5.41) is 6.97. The van der Waals surface area contributed by atoms with Gasteiger partial charge in [0.1, 0.15) is 5.75 Å². The number of fused-ring (bicyclic) bond motifs is 1. The Labute approximate surface area is 181 Å². The highest BCUT2D eigenvalue weighted by atomic mass is 127. The molecule has 0 bridgehead atoms. The number of likely N-dealkylation sites (tertiary alicyclic amines) is 1. The zero-order valence-corrected chi connectivity index (χ0v) is 19.3. The highest BCUT2D eigenvalue weighted by Crippen LogP contribution is 2.25. The van der Waals surface area contributed by atoms with Gasteiger partial charge in [0.2, 0.25) is 0 Å². The quantitative estimate of drug-likeness (QED) is 0.369. The Morgan fingerprint density at radius 3 is 2.96 bits per heavy atom. The lowest BCUT2D eigenvalue weighted by molar-refractivity contribution is 0.141. The highest BCUT2D eigenvalue weighted by Gasteiger charge is 2.21. The molecule has 2 aliphatic heterocycles. The van der Waals surface area contributed by atoms with Gasteiger partial charge in [-0.2, -0.15) is 0 Å². The first-order chi connectivity index (χ1) is 12.7. The minimum absolute atomic E-state index is 0. The standard InChI is InChI=1S/C21H34N4O.HI/c1-16(2)25-11-4-5-18(15-25)14-24-21(22-3)23-10-8-17-6-7-20-19(13-17)9-12-26-20;/h6-7,13,16,18H,4-5,8-12,14-15H2,1-3H3,(H2,22,23,24);1H. The van der Waals surface area contributed by atoms with Gasteiger partial charge in [0.25, 0.3) is 0 Å². The van der Waals surface area contributed by atoms with Crippen LogP contribution >= 0.6 is 24.0 Å². The molecule has 27 heavy (non-hydrogen) atoms. The zero-order valence-electron chi connectivity index (χ0n) is 17.0. The first-order valence-corrected chi connectivity index (χ1v) is 10.1. The van der Waals surface area contributed by atoms with Crippen LogP contribution in [0.5, 0.6) is 5.75 Å². The lowest BCUT2D eigenvalue weighted by Crippen LogP contribution is -2.46. The van der Waals surface area contributed by atoms with Gasteiger partial charge in [0.15, 0.2) is 5.96 Å². The van der Waals surface area contributed by atoms with E-state index in [2.05, 4.69) is 52.6 Å². The predicted octanol–water partition coefficient (Wildman–Crippen LogP) is 3.07. The van der Waals surface area contributed by atoms with Gasteiger partial charge in [-0.1, -0.05) is 12.1 Å². The van der Waals surface area contributed by atoms with E-state index >= 15 is 0 Å². The van der Waals surface area contributed by atoms with E-state index in [1.165, 1.54) is 37.1 Å². The summed E-state index contributed by atoms with van der Waals surface area (Å²) in [5.41, 5.74) is 2.70. The first-order valence-electron chi connectivity index (χ1n) is 10.1. The molecule has 1 fully saturated rings. The summed E-state index contributed by atoms with van der Waals surface area (Å²) in [5.74, 6) is 2.68. The van der Waals surface area contributed by atoms with Gasteiger partial charge >= 0.3 is 0 Å². The second-order valence-corrected chi connectivity index (χ2v) is 7.77. The molecule has 3 rings (SSSR count). The second kappa shape index (κ2) is 11.1. The summed E-state index contributed by atoms with van der Waals surface area (Å²) in [6, 6.07) is 7.20. The lowest BCUT2D eigenvalue weighted by atomic mass is 9.97. The zero-order chi connectivity index (χ0) is 18.4. The number of nitrogens with one attached hydrogen (secondary N) is 2. The highest BCUT2D eigenvalue weighted by molar-refractivity contribution is 14.0. The van der Waals surface area contributed by atoms with Crippen molar-refractivity contribution in [2.24, 2.45) is 10.9 Å². The van der Waals surface area contributed by atoms with Gasteiger partial charge in [0.05, 0.1) is 6.61 Å². The molecule has 0 spiro atoms. The molecule has 1 unspecified atom stereocenters. The minimum atomic E-state index is 0. The van der Waals surface area contributed by atoms with Crippen LogP contribution < -0.4 is 15.4 Å². The molecule has 152 valence electrons. The number of aliphatic imine (C=N–C) groups is 1. The Kier molecular flexibility index (Phi) is 9.15. The van der Waals surface area contributed by atoms with Gasteiger partial charge in [-0.25, -0.2) is 0 Å². The number of hydrogen-bond donors (Lipinski definition) is 2. The van der Waals surface area contributed by atoms with Crippen LogP contribution in [-0.4, -0.2) is 56.7 Å². The maximum atomic E-state index is 5.58. The fourth-order valence-corrected chi connectivity index (χ4v) is 3.92. The van der Waals surface area contributed by atoms with Gasteiger partial charge < -0.3 is 20.3 Å². The van der Waals surface area contributed by atoms with Crippen LogP contribution in [-0.2, 0) is 12.8 Å². The van der Waals surface area contributed by atoms with Crippen LogP contribution in [0.4, 0.5) is 0 Å². The predicted molar refractivity (Wildman–Crippen MR) is 124 cm³/mol. The van der Waals surface area contributed by atoms with Crippen LogP contribution in [0, 0.1) is 5.92 Å². The van der Waals surface area contributed by atoms with Crippen molar-refractivity contribution in [2.45, 2.75) is 45.6 Å². The number of piperidine rings is 1. The summed E-state index contributed by atoms with van der Waals surface area (Å²) < 4.78 is 5.58. The number of halogens is 1. The largest absolute Gasteiger partial charge is 0.493 e. The molecule has 0 aromatic heterocycles. The van der Waals surface area contributed by atoms with E-state index < -0.39 is 0 Å². The van der Waals surface area contributed by atoms with Crippen LogP contribution in [0.1, 0.15) is 37.8 Å². The number of guanidine groups is 1. The van der Waals surface area contributed by atoms with Crippen LogP contribution in [0.2, 0.25) is 0 Å². The molecular weight excluding hydrogens is 451 g/mol. The van der Waals surface area contributed by atoms with Crippen molar-refractivity contribution in [1.29, 1.82) is 0 Å². The molecule has 1 atom stereocenters. The first kappa shape index (κ1) is 22.3. The molecule has 1 aromatic rings. The third kappa shape index (κ3) is 6.52. The molecule has 5 nitrogen and oxygen atoms in total. The lowest BCUT2D eigenvalue weighted by Gasteiger charge is -2.35. The normalized spacial score (nSPS) is 20.0. The SMILES string of the molecule is CN=C(NCCc1ccc2c(c1)CCO2)NCC1CCCN(C(C)C)C1.I. The molecule has 0 radical (unpaired) electrons. The van der Waals surface area contributed by atoms with Crippen molar-refractivity contribution >= 4 is 29.9 Å². The molecular formula is C21H35IN4O. The summed E-state index contributed by atoms with van der Waals surface area (Å²) in [6.07, 6.45) is 4.65. The van der Waals surface area contributed by atoms with E-state index in [1.807, 2.05) is 7.05 Å². The van der Waals surface area contributed by atoms with Crippen LogP contribution in [0.15, 0.2) is 23.2 Å². The number of nitrogens with zero attached hydrogens (tertiary/aromatic N) is 2. The summed E-state index contributed by atoms with van der Waals surface area (Å²) in [4.78, 5) is 6.96. The van der Waals surface area contributed by atoms with E-state index in [0.29, 0.717) is 12.0 Å². The average Bonchev–Trinajstić information content (AvgIpc) is 3.12. The van der Waals surface area contributed by atoms with Gasteiger partial charge in [-0.3, -0.25) is 4.99 Å². The maximum Gasteiger partial charge on any atom is 0.190 e. The number of benzene rings is 1. The molecule has 0 amide bonds. The van der Waals surface area contributed by atoms with Crippen molar-refractivity contribution in [1.82, 2.24) is 15.5 Å². The third-order valence-electron chi connectivity index (χ3n) is 5.52. The number of hydrogen-bond acceptors (Lipinski definition) is 3. The van der Waals surface area contributed by atoms with E-state index in [0.717, 1.165) is 44.2 Å². The Morgan fingerprint density at radius 2 is 2.19 bits per heavy atom. The van der Waals surface area contributed by atoms with E-state index in [-0.39, 0.29) is 24.0 Å². The van der Waals surface area contributed by atoms with Crippen molar-refractivity contribution in [3.63, 3.8) is 0 Å². The molecule has 1 aromatic carbocycles. The molecule has 0 aliphatic carbocycles. The second-order valence-electron chi connectivity index (χ2n) is 7.77. The topological polar surface area (TPSA) is 48.9 Å². The van der Waals surface area contributed by atoms with Gasteiger partial charge in [0, 0.05) is 39.1 Å². The smallest absolute Gasteiger partial charge is 0.190 e. The van der Waals surface area contributed by atoms with Crippen molar-refractivity contribution in [3.05, 3.63) is 29.3 Å². The van der Waals surface area contributed by atoms with E-state index in [1.54, 1.807) is 0 Å². The van der Waals surface area contributed by atoms with Crippen molar-refractivity contribution in [3.8, 4) is 5.75 Å². The molecule has 2 heterocycles. The molecule has 2 aliphatic rings. The fraction of sp³-hybridized carbons (Fsp3) is 0.667. The molecule has 2 N–H and O–H groups in total. The molecule has 1 saturated heterocycles. The molecule has 0 saturated carbocycles. The van der Waals surface area contributed by atoms with Gasteiger partial charge in [-0.15, -0.1) is 24.0 Å². The average molecular weight is 486 g/mol. The minimum Gasteiger partial charge on any atom is -0.493 e. The van der Waals surface area contributed by atoms with Crippen LogP contribution in [0.3, 0.4) is 0 Å². The molecule has 6 heteroatoms. The summed E-state index contributed by atoms with van der Waals surface area (Å²) in [7, 11) is 1.85. The summed E-state index contributed by atoms with van der Waals surface area (Å²) in [6.45, 7) is 9.73. The number of rotatable bonds is 6. The monoisotopic (exact) mass is 486 g/mol. The Morgan fingerprint density at radius 1 is 1.33 bits per heavy atom. The van der Waals surface area contributed by atoms with E-state index in [4.69, 9.17) is 4.74 Å². The third-order valence-corrected chi connectivity index (χ3v) is 5.52. The van der Waals surface area contributed by atoms with Crippen molar-refractivity contribution in [2.75, 3.05) is 39.8 Å². The fourth-order valence-electron chi connectivity index (χ4n) is 3.92. The Bertz CT molecular complexity index is 620. The Hall–Kier alpha value is -1.02. The summed E-state index contributed by atoms with van der Waals surface area (Å²) >= 11 is 0.